The summed E-state index contributed by atoms with van der Waals surface area (Å²) in [5.41, 5.74) is 0. The van der Waals surface area contributed by atoms with Gasteiger partial charge in [-0.25, -0.2) is 0 Å². The van der Waals surface area contributed by atoms with Gasteiger partial charge in [0.2, 0.25) is 0 Å². The zero-order chi connectivity index (χ0) is 19.1. The van der Waals surface area contributed by atoms with Gasteiger partial charge in [0.05, 0.1) is 0 Å². The average Bonchev–Trinajstić information content (AvgIpc) is 3.22. The van der Waals surface area contributed by atoms with Crippen LogP contribution in [0, 0.1) is 72.0 Å². The molecule has 10 unspecified atom stereocenters. The van der Waals surface area contributed by atoms with Crippen LogP contribution in [0.1, 0.15) is 52.4 Å². The Hall–Kier alpha value is 0.423. The number of hydrogen-bond donors (Lipinski definition) is 0. The third kappa shape index (κ3) is 5.25. The second-order valence-corrected chi connectivity index (χ2v) is 10.4. The van der Waals surface area contributed by atoms with Crippen molar-refractivity contribution in [3.8, 4) is 0 Å². The van der Waals surface area contributed by atoms with Crippen molar-refractivity contribution in [2.24, 2.45) is 59.2 Å². The summed E-state index contributed by atoms with van der Waals surface area (Å²) in [4.78, 5) is 0. The van der Waals surface area contributed by atoms with Gasteiger partial charge in [0.15, 0.2) is 0 Å². The van der Waals surface area contributed by atoms with Crippen molar-refractivity contribution < 1.29 is 51.0 Å². The van der Waals surface area contributed by atoms with Crippen LogP contribution in [0.3, 0.4) is 0 Å². The quantitative estimate of drug-likeness (QED) is 0.409. The van der Waals surface area contributed by atoms with Gasteiger partial charge in [-0.2, -0.15) is 24.7 Å². The number of fused-ring (bicyclic) bond motifs is 6. The molecule has 0 aromatic carbocycles. The van der Waals surface area contributed by atoms with E-state index in [2.05, 4.69) is 75.3 Å². The minimum Gasteiger partial charge on any atom is -1.00 e. The van der Waals surface area contributed by atoms with Gasteiger partial charge in [0, 0.05) is 0 Å². The maximum absolute atomic E-state index is 2.61. The van der Waals surface area contributed by atoms with Crippen LogP contribution in [0.15, 0.2) is 48.6 Å². The molecule has 0 radical (unpaired) electrons. The Morgan fingerprint density at radius 1 is 0.581 bits per heavy atom. The zero-order valence-electron chi connectivity index (χ0n) is 19.0. The van der Waals surface area contributed by atoms with E-state index in [-0.39, 0.29) is 51.0 Å². The molecule has 0 N–H and O–H groups in total. The third-order valence-electron chi connectivity index (χ3n) is 9.21. The first-order valence-corrected chi connectivity index (χ1v) is 12.1. The molecule has 0 bridgehead atoms. The van der Waals surface area contributed by atoms with Crippen molar-refractivity contribution in [1.82, 2.24) is 0 Å². The first-order valence-electron chi connectivity index (χ1n) is 12.1. The molecule has 0 nitrogen and oxygen atoms in total. The molecule has 168 valence electrons. The molecular formula is C28H38Cl2Zr. The van der Waals surface area contributed by atoms with Crippen LogP contribution in [-0.4, -0.2) is 0 Å². The molecule has 0 aliphatic heterocycles. The Kier molecular flexibility index (Phi) is 10.9. The molecule has 6 rings (SSSR count). The van der Waals surface area contributed by atoms with Gasteiger partial charge < -0.3 is 37.7 Å². The molecule has 0 aromatic heterocycles. The minimum absolute atomic E-state index is 0. The summed E-state index contributed by atoms with van der Waals surface area (Å²) in [5.74, 6) is 8.90. The van der Waals surface area contributed by atoms with Gasteiger partial charge in [-0.15, -0.1) is 0 Å². The third-order valence-corrected chi connectivity index (χ3v) is 9.21. The van der Waals surface area contributed by atoms with E-state index in [1.165, 1.54) is 38.5 Å². The van der Waals surface area contributed by atoms with E-state index >= 15 is 0 Å². The normalized spacial score (nSPS) is 45.4. The summed E-state index contributed by atoms with van der Waals surface area (Å²) < 4.78 is 0. The molecule has 3 heteroatoms. The van der Waals surface area contributed by atoms with E-state index in [0.717, 1.165) is 59.2 Å². The van der Waals surface area contributed by atoms with Gasteiger partial charge >= 0.3 is 26.2 Å². The smallest absolute Gasteiger partial charge is 1.00 e. The molecule has 10 atom stereocenters. The molecule has 6 aliphatic rings. The van der Waals surface area contributed by atoms with Crippen molar-refractivity contribution in [3.63, 3.8) is 0 Å². The van der Waals surface area contributed by atoms with Crippen LogP contribution in [0.5, 0.6) is 0 Å². The maximum atomic E-state index is 2.61. The number of allylic oxidation sites excluding steroid dienone is 8. The standard InChI is InChI=1S/2C14H19.2ClH.Zr/c2*1-10-11-6-2-4-8-13(11)14-9-5-3-7-12(10)14;;;/h2*2,4,6-8,10-14H,3,5,9H2,1H3;2*1H;/q2*-1;;;+4/p-2. The van der Waals surface area contributed by atoms with Crippen LogP contribution < -0.4 is 24.8 Å². The largest absolute Gasteiger partial charge is 4.00 e. The Morgan fingerprint density at radius 3 is 1.32 bits per heavy atom. The Labute approximate surface area is 222 Å². The summed E-state index contributed by atoms with van der Waals surface area (Å²) >= 11 is 0. The second-order valence-electron chi connectivity index (χ2n) is 10.4. The van der Waals surface area contributed by atoms with Crippen molar-refractivity contribution >= 4 is 0 Å². The summed E-state index contributed by atoms with van der Waals surface area (Å²) in [5, 5.41) is 0. The fourth-order valence-electron chi connectivity index (χ4n) is 7.87. The fourth-order valence-corrected chi connectivity index (χ4v) is 7.87. The van der Waals surface area contributed by atoms with Crippen LogP contribution >= 0.6 is 0 Å². The molecule has 4 saturated carbocycles. The van der Waals surface area contributed by atoms with E-state index < -0.39 is 0 Å². The SMILES string of the molecule is CC1C2C=CC=CC2C2CCC[CH-]C12.CC1C2C=CC=CC2C2CCC[CH-]C12.[Cl-].[Cl-].[Zr+4]. The van der Waals surface area contributed by atoms with Crippen molar-refractivity contribution in [2.45, 2.75) is 52.4 Å². The summed E-state index contributed by atoms with van der Waals surface area (Å²) in [6, 6.07) is 0. The van der Waals surface area contributed by atoms with Crippen molar-refractivity contribution in [2.75, 3.05) is 0 Å². The number of rotatable bonds is 0. The molecule has 31 heavy (non-hydrogen) atoms. The fraction of sp³-hybridized carbons (Fsp3) is 0.643. The number of hydrogen-bond acceptors (Lipinski definition) is 0. The van der Waals surface area contributed by atoms with Gasteiger partial charge in [0.1, 0.15) is 0 Å². The molecular weight excluding hydrogens is 498 g/mol. The van der Waals surface area contributed by atoms with E-state index in [9.17, 15) is 0 Å². The summed E-state index contributed by atoms with van der Waals surface area (Å²) in [6.07, 6.45) is 32.5. The Balaban J connectivity index is 0.000000201. The molecule has 0 aromatic rings. The van der Waals surface area contributed by atoms with Gasteiger partial charge in [-0.3, -0.25) is 0 Å². The minimum atomic E-state index is 0. The van der Waals surface area contributed by atoms with E-state index in [0.29, 0.717) is 0 Å². The van der Waals surface area contributed by atoms with Crippen LogP contribution in [0.2, 0.25) is 0 Å². The first kappa shape index (κ1) is 27.7. The molecule has 0 saturated heterocycles. The topological polar surface area (TPSA) is 0 Å². The van der Waals surface area contributed by atoms with E-state index in [1.807, 2.05) is 0 Å². The zero-order valence-corrected chi connectivity index (χ0v) is 23.0. The average molecular weight is 537 g/mol. The predicted molar refractivity (Wildman–Crippen MR) is 119 cm³/mol. The summed E-state index contributed by atoms with van der Waals surface area (Å²) in [7, 11) is 0. The van der Waals surface area contributed by atoms with E-state index in [4.69, 9.17) is 0 Å². The Bertz CT molecular complexity index is 622. The van der Waals surface area contributed by atoms with Crippen LogP contribution in [0.25, 0.3) is 0 Å². The first-order chi connectivity index (χ1) is 13.8. The molecule has 0 spiro atoms. The van der Waals surface area contributed by atoms with Crippen LogP contribution in [-0.2, 0) is 26.2 Å². The maximum Gasteiger partial charge on any atom is 4.00 e. The monoisotopic (exact) mass is 534 g/mol. The molecule has 4 fully saturated rings. The second kappa shape index (κ2) is 12.2. The molecule has 6 aliphatic carbocycles. The van der Waals surface area contributed by atoms with E-state index in [1.54, 1.807) is 0 Å². The number of halogens is 2. The molecule has 0 heterocycles. The molecule has 0 amide bonds. The van der Waals surface area contributed by atoms with Gasteiger partial charge in [0.25, 0.3) is 0 Å². The van der Waals surface area contributed by atoms with Crippen molar-refractivity contribution in [3.05, 3.63) is 61.4 Å². The van der Waals surface area contributed by atoms with Gasteiger partial charge in [-0.1, -0.05) is 112 Å². The van der Waals surface area contributed by atoms with Gasteiger partial charge in [-0.05, 0) is 23.7 Å². The Morgan fingerprint density at radius 2 is 0.935 bits per heavy atom. The predicted octanol–water partition coefficient (Wildman–Crippen LogP) is 1.24. The summed E-state index contributed by atoms with van der Waals surface area (Å²) in [6.45, 7) is 4.90. The van der Waals surface area contributed by atoms with Crippen LogP contribution in [0.4, 0.5) is 0 Å². The van der Waals surface area contributed by atoms with Crippen molar-refractivity contribution in [1.29, 1.82) is 0 Å².